The van der Waals surface area contributed by atoms with E-state index < -0.39 is 25.0 Å². The minimum atomic E-state index is -4.28. The topological polar surface area (TPSA) is 69.3 Å². The molecular formula is C15H15F3N4O. The molecule has 0 aliphatic carbocycles. The molecule has 0 radical (unpaired) electrons. The summed E-state index contributed by atoms with van der Waals surface area (Å²) in [5, 5.41) is 5.31. The molecule has 0 fully saturated rings. The van der Waals surface area contributed by atoms with Gasteiger partial charge in [-0.15, -0.1) is 0 Å². The number of nitrogens with zero attached hydrogens (tertiary/aromatic N) is 1. The third-order valence-electron chi connectivity index (χ3n) is 3.77. The molecule has 2 unspecified atom stereocenters. The molecule has 0 bridgehead atoms. The molecule has 0 aromatic carbocycles. The van der Waals surface area contributed by atoms with Crippen molar-refractivity contribution in [3.63, 3.8) is 0 Å². The molecule has 0 saturated carbocycles. The highest BCUT2D eigenvalue weighted by molar-refractivity contribution is 5.93. The van der Waals surface area contributed by atoms with Gasteiger partial charge in [0.05, 0.1) is 6.42 Å². The minimum Gasteiger partial charge on any atom is -0.357 e. The zero-order valence-electron chi connectivity index (χ0n) is 12.0. The second-order valence-corrected chi connectivity index (χ2v) is 5.38. The summed E-state index contributed by atoms with van der Waals surface area (Å²) in [6, 6.07) is 1.66. The molecule has 5 nitrogen and oxygen atoms in total. The predicted molar refractivity (Wildman–Crippen MR) is 78.9 cm³/mol. The van der Waals surface area contributed by atoms with Crippen molar-refractivity contribution in [3.8, 4) is 0 Å². The van der Waals surface area contributed by atoms with Crippen molar-refractivity contribution in [1.29, 1.82) is 0 Å². The maximum absolute atomic E-state index is 12.1. The van der Waals surface area contributed by atoms with Crippen LogP contribution >= 0.6 is 0 Å². The number of amides is 1. The number of fused-ring (bicyclic) bond motifs is 1. The van der Waals surface area contributed by atoms with Gasteiger partial charge in [-0.05, 0) is 17.8 Å². The second-order valence-electron chi connectivity index (χ2n) is 5.38. The lowest BCUT2D eigenvalue weighted by molar-refractivity contribution is -0.132. The van der Waals surface area contributed by atoms with Crippen molar-refractivity contribution in [2.75, 3.05) is 6.54 Å². The first-order valence-electron chi connectivity index (χ1n) is 7.15. The maximum atomic E-state index is 12.1. The molecule has 2 aliphatic rings. The molecule has 8 heteroatoms. The fourth-order valence-electron chi connectivity index (χ4n) is 2.64. The van der Waals surface area contributed by atoms with Crippen LogP contribution in [0.15, 0.2) is 41.8 Å². The van der Waals surface area contributed by atoms with Crippen LogP contribution in [0.25, 0.3) is 0 Å². The quantitative estimate of drug-likeness (QED) is 0.796. The van der Waals surface area contributed by atoms with Crippen LogP contribution < -0.4 is 10.6 Å². The number of aliphatic imine (C=N–C) groups is 1. The van der Waals surface area contributed by atoms with Crippen molar-refractivity contribution in [2.45, 2.75) is 18.5 Å². The number of H-pyrrole nitrogens is 1. The first kappa shape index (κ1) is 15.4. The molecule has 122 valence electrons. The van der Waals surface area contributed by atoms with E-state index in [0.29, 0.717) is 0 Å². The fourth-order valence-corrected chi connectivity index (χ4v) is 2.64. The number of rotatable bonds is 4. The van der Waals surface area contributed by atoms with Crippen molar-refractivity contribution in [3.05, 3.63) is 48.1 Å². The number of nitrogens with one attached hydrogen (secondary N) is 3. The molecule has 3 rings (SSSR count). The first-order chi connectivity index (χ1) is 10.9. The summed E-state index contributed by atoms with van der Waals surface area (Å²) in [5.41, 5.74) is 1.13. The molecule has 0 saturated heterocycles. The van der Waals surface area contributed by atoms with Gasteiger partial charge in [0.1, 0.15) is 11.5 Å². The molecule has 1 aromatic heterocycles. The van der Waals surface area contributed by atoms with Gasteiger partial charge < -0.3 is 15.6 Å². The van der Waals surface area contributed by atoms with Gasteiger partial charge in [0, 0.05) is 30.8 Å². The van der Waals surface area contributed by atoms with Crippen molar-refractivity contribution in [1.82, 2.24) is 15.6 Å². The molecule has 1 amide bonds. The summed E-state index contributed by atoms with van der Waals surface area (Å²) >= 11 is 0. The number of aromatic amines is 1. The van der Waals surface area contributed by atoms with Crippen LogP contribution in [0.4, 0.5) is 13.2 Å². The second kappa shape index (κ2) is 5.94. The molecule has 0 spiro atoms. The molecule has 1 aromatic rings. The third kappa shape index (κ3) is 3.46. The van der Waals surface area contributed by atoms with Gasteiger partial charge in [0.25, 0.3) is 5.91 Å². The standard InChI is InChI=1S/C15H15F3N4O/c16-15(17,18)3-6-21-14(23)12-7-9(8-22-12)10-1-4-19-13-11(10)2-5-20-13/h1-2,4-5,7-8,10-11,22H,3,6H2,(H,19,20)(H,21,23). The Kier molecular flexibility index (Phi) is 3.97. The van der Waals surface area contributed by atoms with Gasteiger partial charge in [0.15, 0.2) is 0 Å². The number of carbonyl (C=O) groups excluding carboxylic acids is 1. The van der Waals surface area contributed by atoms with Crippen LogP contribution in [0, 0.1) is 5.92 Å². The van der Waals surface area contributed by atoms with E-state index in [0.717, 1.165) is 11.4 Å². The Balaban J connectivity index is 1.64. The Bertz CT molecular complexity index is 687. The molecule has 3 N–H and O–H groups in total. The van der Waals surface area contributed by atoms with Gasteiger partial charge in [-0.25, -0.2) is 4.99 Å². The smallest absolute Gasteiger partial charge is 0.357 e. The normalized spacial score (nSPS) is 22.5. The third-order valence-corrected chi connectivity index (χ3v) is 3.77. The number of hydrogen-bond acceptors (Lipinski definition) is 3. The average molecular weight is 324 g/mol. The van der Waals surface area contributed by atoms with Crippen LogP contribution in [0.5, 0.6) is 0 Å². The Morgan fingerprint density at radius 1 is 1.30 bits per heavy atom. The Morgan fingerprint density at radius 3 is 2.91 bits per heavy atom. The minimum absolute atomic E-state index is 0.0294. The summed E-state index contributed by atoms with van der Waals surface area (Å²) in [6.45, 7) is -0.438. The Hall–Kier alpha value is -2.51. The summed E-state index contributed by atoms with van der Waals surface area (Å²) in [5.74, 6) is 0.405. The Morgan fingerprint density at radius 2 is 2.13 bits per heavy atom. The summed E-state index contributed by atoms with van der Waals surface area (Å²) in [7, 11) is 0. The van der Waals surface area contributed by atoms with Gasteiger partial charge in [-0.1, -0.05) is 12.2 Å². The fraction of sp³-hybridized carbons (Fsp3) is 0.333. The number of halogens is 3. The van der Waals surface area contributed by atoms with E-state index in [4.69, 9.17) is 0 Å². The molecule has 2 aliphatic heterocycles. The van der Waals surface area contributed by atoms with Crippen LogP contribution in [-0.4, -0.2) is 29.4 Å². The number of amidine groups is 1. The zero-order valence-corrected chi connectivity index (χ0v) is 12.0. The van der Waals surface area contributed by atoms with E-state index in [2.05, 4.69) is 20.6 Å². The average Bonchev–Trinajstić information content (AvgIpc) is 3.14. The predicted octanol–water partition coefficient (Wildman–Crippen LogP) is 2.44. The lowest BCUT2D eigenvalue weighted by atomic mass is 9.86. The van der Waals surface area contributed by atoms with Gasteiger partial charge >= 0.3 is 6.18 Å². The lowest BCUT2D eigenvalue weighted by Crippen LogP contribution is -2.28. The van der Waals surface area contributed by atoms with Crippen LogP contribution in [0.3, 0.4) is 0 Å². The number of hydrogen-bond donors (Lipinski definition) is 3. The monoisotopic (exact) mass is 324 g/mol. The van der Waals surface area contributed by atoms with E-state index in [1.807, 2.05) is 18.4 Å². The summed E-state index contributed by atoms with van der Waals surface area (Å²) in [4.78, 5) is 18.9. The van der Waals surface area contributed by atoms with Crippen molar-refractivity contribution in [2.24, 2.45) is 10.9 Å². The molecule has 23 heavy (non-hydrogen) atoms. The largest absolute Gasteiger partial charge is 0.390 e. The molecular weight excluding hydrogens is 309 g/mol. The Labute approximate surface area is 130 Å². The highest BCUT2D eigenvalue weighted by Gasteiger charge is 2.30. The van der Waals surface area contributed by atoms with E-state index in [-0.39, 0.29) is 17.5 Å². The van der Waals surface area contributed by atoms with Crippen LogP contribution in [-0.2, 0) is 0 Å². The summed E-state index contributed by atoms with van der Waals surface area (Å²) < 4.78 is 36.3. The van der Waals surface area contributed by atoms with Gasteiger partial charge in [-0.2, -0.15) is 13.2 Å². The highest BCUT2D eigenvalue weighted by atomic mass is 19.4. The van der Waals surface area contributed by atoms with Crippen molar-refractivity contribution < 1.29 is 18.0 Å². The number of alkyl halides is 3. The number of carbonyl (C=O) groups is 1. The van der Waals surface area contributed by atoms with Crippen molar-refractivity contribution >= 4 is 11.7 Å². The number of allylic oxidation sites excluding steroid dienone is 1. The molecule has 2 atom stereocenters. The van der Waals surface area contributed by atoms with E-state index in [9.17, 15) is 18.0 Å². The molecule has 3 heterocycles. The lowest BCUT2D eigenvalue weighted by Gasteiger charge is -2.21. The number of aromatic nitrogens is 1. The first-order valence-corrected chi connectivity index (χ1v) is 7.15. The maximum Gasteiger partial charge on any atom is 0.390 e. The summed E-state index contributed by atoms with van der Waals surface area (Å²) in [6.07, 6.45) is 3.81. The van der Waals surface area contributed by atoms with E-state index in [1.54, 1.807) is 18.5 Å². The van der Waals surface area contributed by atoms with Gasteiger partial charge in [-0.3, -0.25) is 4.79 Å². The van der Waals surface area contributed by atoms with Crippen LogP contribution in [0.2, 0.25) is 0 Å². The van der Waals surface area contributed by atoms with Crippen LogP contribution in [0.1, 0.15) is 28.4 Å². The van der Waals surface area contributed by atoms with E-state index in [1.165, 1.54) is 0 Å². The van der Waals surface area contributed by atoms with E-state index >= 15 is 0 Å². The zero-order chi connectivity index (χ0) is 16.4. The highest BCUT2D eigenvalue weighted by Crippen LogP contribution is 2.33. The SMILES string of the molecule is O=C(NCCC(F)(F)F)c1cc(C2C=CN=C3NC=CC32)c[nH]1. The van der Waals surface area contributed by atoms with Gasteiger partial charge in [0.2, 0.25) is 0 Å².